The number of benzene rings is 2. The van der Waals surface area contributed by atoms with E-state index in [1.165, 1.54) is 17.3 Å². The molecule has 0 bridgehead atoms. The predicted octanol–water partition coefficient (Wildman–Crippen LogP) is 5.04. The van der Waals surface area contributed by atoms with E-state index >= 15 is 0 Å². The maximum Gasteiger partial charge on any atom is 0.234 e. The quantitative estimate of drug-likeness (QED) is 0.621. The summed E-state index contributed by atoms with van der Waals surface area (Å²) in [5.74, 6) is 0.844. The summed E-state index contributed by atoms with van der Waals surface area (Å²) >= 11 is 1.49. The second-order valence-electron chi connectivity index (χ2n) is 6.97. The Morgan fingerprint density at radius 2 is 1.92 bits per heavy atom. The second kappa shape index (κ2) is 7.96. The summed E-state index contributed by atoms with van der Waals surface area (Å²) in [4.78, 5) is 17.2. The number of aromatic nitrogens is 2. The summed E-state index contributed by atoms with van der Waals surface area (Å²) < 4.78 is 2.22. The fourth-order valence-electron chi connectivity index (χ4n) is 2.91. The number of hydrogen-bond donors (Lipinski definition) is 1. The molecule has 1 N–H and O–H groups in total. The minimum absolute atomic E-state index is 0.00754. The number of thioether (sulfide) groups is 1. The van der Waals surface area contributed by atoms with Gasteiger partial charge in [0.15, 0.2) is 5.16 Å². The molecule has 1 aromatic heterocycles. The first-order valence-electron chi connectivity index (χ1n) is 8.90. The molecule has 26 heavy (non-hydrogen) atoms. The van der Waals surface area contributed by atoms with Gasteiger partial charge < -0.3 is 9.88 Å². The Balaban J connectivity index is 1.74. The molecule has 1 amide bonds. The Bertz CT molecular complexity index is 930. The lowest BCUT2D eigenvalue weighted by molar-refractivity contribution is -0.113. The largest absolute Gasteiger partial charge is 0.325 e. The molecule has 0 spiro atoms. The van der Waals surface area contributed by atoms with Crippen molar-refractivity contribution >= 4 is 34.4 Å². The van der Waals surface area contributed by atoms with Crippen LogP contribution >= 0.6 is 11.8 Å². The topological polar surface area (TPSA) is 46.9 Å². The first kappa shape index (κ1) is 18.5. The Morgan fingerprint density at radius 3 is 2.69 bits per heavy atom. The molecule has 3 rings (SSSR count). The molecule has 0 saturated carbocycles. The van der Waals surface area contributed by atoms with Gasteiger partial charge in [-0.1, -0.05) is 49.9 Å². The molecule has 0 aliphatic carbocycles. The van der Waals surface area contributed by atoms with E-state index in [2.05, 4.69) is 29.8 Å². The van der Waals surface area contributed by atoms with Crippen molar-refractivity contribution in [3.63, 3.8) is 0 Å². The number of amides is 1. The highest BCUT2D eigenvalue weighted by Crippen LogP contribution is 2.26. The molecule has 136 valence electrons. The third kappa shape index (κ3) is 4.10. The molecule has 0 saturated heterocycles. The van der Waals surface area contributed by atoms with Gasteiger partial charge in [-0.2, -0.15) is 0 Å². The zero-order valence-electron chi connectivity index (χ0n) is 15.7. The number of fused-ring (bicyclic) bond motifs is 1. The van der Waals surface area contributed by atoms with E-state index in [9.17, 15) is 4.79 Å². The summed E-state index contributed by atoms with van der Waals surface area (Å²) in [7, 11) is 0. The molecule has 0 aliphatic rings. The first-order chi connectivity index (χ1) is 12.5. The van der Waals surface area contributed by atoms with Gasteiger partial charge in [-0.3, -0.25) is 4.79 Å². The maximum absolute atomic E-state index is 12.4. The lowest BCUT2D eigenvalue weighted by Crippen LogP contribution is -2.16. The Hall–Kier alpha value is -2.27. The zero-order chi connectivity index (χ0) is 18.7. The van der Waals surface area contributed by atoms with Gasteiger partial charge in [0.25, 0.3) is 0 Å². The van der Waals surface area contributed by atoms with Crippen LogP contribution in [0.4, 0.5) is 5.69 Å². The molecular weight excluding hydrogens is 342 g/mol. The van der Waals surface area contributed by atoms with Crippen LogP contribution in [-0.2, 0) is 11.3 Å². The highest BCUT2D eigenvalue weighted by molar-refractivity contribution is 7.99. The molecule has 3 aromatic rings. The van der Waals surface area contributed by atoms with Crippen molar-refractivity contribution in [2.75, 3.05) is 11.1 Å². The Kier molecular flexibility index (Phi) is 5.67. The van der Waals surface area contributed by atoms with Crippen LogP contribution in [0.5, 0.6) is 0 Å². The van der Waals surface area contributed by atoms with Crippen molar-refractivity contribution in [1.82, 2.24) is 9.55 Å². The monoisotopic (exact) mass is 367 g/mol. The highest BCUT2D eigenvalue weighted by atomic mass is 32.2. The van der Waals surface area contributed by atoms with Gasteiger partial charge in [0.05, 0.1) is 16.8 Å². The van der Waals surface area contributed by atoms with Crippen LogP contribution in [0.15, 0.2) is 47.6 Å². The summed E-state index contributed by atoms with van der Waals surface area (Å²) in [5, 5.41) is 3.92. The second-order valence-corrected chi connectivity index (χ2v) is 7.91. The number of anilines is 1. The number of carbonyl (C=O) groups is 1. The van der Waals surface area contributed by atoms with Crippen LogP contribution < -0.4 is 5.32 Å². The third-order valence-electron chi connectivity index (χ3n) is 4.38. The summed E-state index contributed by atoms with van der Waals surface area (Å²) in [6.07, 6.45) is 0. The maximum atomic E-state index is 12.4. The minimum atomic E-state index is -0.00754. The molecule has 2 aromatic carbocycles. The van der Waals surface area contributed by atoms with Crippen LogP contribution in [-0.4, -0.2) is 21.2 Å². The van der Waals surface area contributed by atoms with Crippen molar-refractivity contribution < 1.29 is 4.79 Å². The van der Waals surface area contributed by atoms with Crippen molar-refractivity contribution in [2.45, 2.75) is 39.4 Å². The fraction of sp³-hybridized carbons (Fsp3) is 0.333. The predicted molar refractivity (Wildman–Crippen MR) is 110 cm³/mol. The fourth-order valence-corrected chi connectivity index (χ4v) is 3.73. The number of para-hydroxylation sites is 2. The van der Waals surface area contributed by atoms with Crippen molar-refractivity contribution in [3.05, 3.63) is 53.6 Å². The normalized spacial score (nSPS) is 11.3. The summed E-state index contributed by atoms with van der Waals surface area (Å²) in [5.41, 5.74) is 5.27. The van der Waals surface area contributed by atoms with E-state index in [1.807, 2.05) is 50.2 Å². The number of aryl methyl sites for hydroxylation is 1. The van der Waals surface area contributed by atoms with E-state index in [4.69, 9.17) is 4.98 Å². The molecule has 4 nitrogen and oxygen atoms in total. The van der Waals surface area contributed by atoms with Crippen LogP contribution in [0, 0.1) is 19.8 Å². The molecule has 5 heteroatoms. The first-order valence-corrected chi connectivity index (χ1v) is 9.88. The number of imidazole rings is 1. The van der Waals surface area contributed by atoms with Crippen molar-refractivity contribution in [2.24, 2.45) is 5.92 Å². The molecule has 0 unspecified atom stereocenters. The summed E-state index contributed by atoms with van der Waals surface area (Å²) in [6, 6.07) is 14.1. The molecular formula is C21H25N3OS. The van der Waals surface area contributed by atoms with E-state index in [1.54, 1.807) is 0 Å². The lowest BCUT2D eigenvalue weighted by Gasteiger charge is -2.12. The average molecular weight is 368 g/mol. The van der Waals surface area contributed by atoms with Crippen LogP contribution in [0.3, 0.4) is 0 Å². The van der Waals surface area contributed by atoms with Crippen LogP contribution in [0.25, 0.3) is 11.0 Å². The number of carbonyl (C=O) groups excluding carboxylic acids is 1. The number of nitrogens with one attached hydrogen (secondary N) is 1. The minimum Gasteiger partial charge on any atom is -0.325 e. The molecule has 0 radical (unpaired) electrons. The smallest absolute Gasteiger partial charge is 0.234 e. The number of hydrogen-bond acceptors (Lipinski definition) is 3. The zero-order valence-corrected chi connectivity index (χ0v) is 16.6. The lowest BCUT2D eigenvalue weighted by atomic mass is 10.1. The molecule has 1 heterocycles. The van der Waals surface area contributed by atoms with E-state index in [-0.39, 0.29) is 5.91 Å². The number of rotatable bonds is 6. The Morgan fingerprint density at radius 1 is 1.15 bits per heavy atom. The van der Waals surface area contributed by atoms with Gasteiger partial charge in [0.1, 0.15) is 0 Å². The van der Waals surface area contributed by atoms with Gasteiger partial charge in [0.2, 0.25) is 5.91 Å². The van der Waals surface area contributed by atoms with E-state index in [0.29, 0.717) is 11.7 Å². The van der Waals surface area contributed by atoms with Crippen LogP contribution in [0.1, 0.15) is 25.0 Å². The van der Waals surface area contributed by atoms with E-state index < -0.39 is 0 Å². The molecule has 0 fully saturated rings. The highest BCUT2D eigenvalue weighted by Gasteiger charge is 2.14. The summed E-state index contributed by atoms with van der Waals surface area (Å²) in [6.45, 7) is 9.35. The van der Waals surface area contributed by atoms with Gasteiger partial charge in [0, 0.05) is 12.2 Å². The average Bonchev–Trinajstić information content (AvgIpc) is 2.94. The third-order valence-corrected chi connectivity index (χ3v) is 5.35. The van der Waals surface area contributed by atoms with Crippen LogP contribution in [0.2, 0.25) is 0 Å². The standard InChI is InChI=1S/C21H25N3OS/c1-14(2)12-24-19-11-6-5-9-18(19)23-21(24)26-13-20(25)22-17-10-7-8-15(3)16(17)4/h5-11,14H,12-13H2,1-4H3,(H,22,25). The van der Waals surface area contributed by atoms with E-state index in [0.717, 1.165) is 34.0 Å². The SMILES string of the molecule is Cc1cccc(NC(=O)CSc2nc3ccccc3n2CC(C)C)c1C. The van der Waals surface area contributed by atoms with Crippen molar-refractivity contribution in [3.8, 4) is 0 Å². The van der Waals surface area contributed by atoms with Gasteiger partial charge >= 0.3 is 0 Å². The van der Waals surface area contributed by atoms with Gasteiger partial charge in [-0.25, -0.2) is 4.98 Å². The Labute approximate surface area is 159 Å². The molecule has 0 aliphatic heterocycles. The van der Waals surface area contributed by atoms with Crippen molar-refractivity contribution in [1.29, 1.82) is 0 Å². The number of nitrogens with zero attached hydrogens (tertiary/aromatic N) is 2. The van der Waals surface area contributed by atoms with Gasteiger partial charge in [-0.05, 0) is 49.1 Å². The molecule has 0 atom stereocenters. The van der Waals surface area contributed by atoms with Gasteiger partial charge in [-0.15, -0.1) is 0 Å².